The van der Waals surface area contributed by atoms with E-state index in [1.54, 1.807) is 0 Å². The SMILES string of the molecule is Cc1cc2c3c(c1)N(c1ccc4c(c1)C(C)(C)CCC4(C)C)c1c(oc4cc5c(cc14)C(C)(C)CCC5(C)C)B3c1ccc(-c3cc(C(C)(C)C)cc(C(C)(C)C)c3)cc1N2c1cc2c(cc1-c1ccccc1)C(C)(C)CCC2(C)C. The number of fused-ring (bicyclic) bond motifs is 9. The summed E-state index contributed by atoms with van der Waals surface area (Å²) in [6, 6.07) is 49.0. The summed E-state index contributed by atoms with van der Waals surface area (Å²) in [7, 11) is 0. The third-order valence-corrected chi connectivity index (χ3v) is 21.2. The Morgan fingerprint density at radius 2 is 0.926 bits per heavy atom. The van der Waals surface area contributed by atoms with Gasteiger partial charge in [-0.1, -0.05) is 191 Å². The van der Waals surface area contributed by atoms with E-state index in [9.17, 15) is 0 Å². The van der Waals surface area contributed by atoms with Gasteiger partial charge in [0.1, 0.15) is 5.58 Å². The van der Waals surface area contributed by atoms with Crippen LogP contribution in [0.3, 0.4) is 0 Å². The number of hydrogen-bond donors (Lipinski definition) is 0. The molecule has 2 aliphatic heterocycles. The van der Waals surface area contributed by atoms with E-state index >= 15 is 0 Å². The topological polar surface area (TPSA) is 19.6 Å². The van der Waals surface area contributed by atoms with Crippen molar-refractivity contribution in [2.45, 2.75) is 213 Å². The second-order valence-corrected chi connectivity index (χ2v) is 31.9. The summed E-state index contributed by atoms with van der Waals surface area (Å²) in [6.07, 6.45) is 6.91. The van der Waals surface area contributed by atoms with Gasteiger partial charge in [0.05, 0.1) is 17.0 Å². The van der Waals surface area contributed by atoms with Crippen molar-refractivity contribution in [3.8, 4) is 22.3 Å². The molecular formula is C77H89BN2O. The minimum atomic E-state index is -0.181. The lowest BCUT2D eigenvalue weighted by molar-refractivity contribution is 0.332. The van der Waals surface area contributed by atoms with Crippen molar-refractivity contribution in [3.63, 3.8) is 0 Å². The van der Waals surface area contributed by atoms with Crippen LogP contribution >= 0.6 is 0 Å². The fourth-order valence-corrected chi connectivity index (χ4v) is 15.4. The summed E-state index contributed by atoms with van der Waals surface area (Å²) >= 11 is 0. The number of nitrogens with zero attached hydrogens (tertiary/aromatic N) is 2. The maximum absolute atomic E-state index is 7.81. The van der Waals surface area contributed by atoms with Crippen molar-refractivity contribution in [1.82, 2.24) is 0 Å². The van der Waals surface area contributed by atoms with E-state index in [2.05, 4.69) is 263 Å². The number of anilines is 6. The van der Waals surface area contributed by atoms with Gasteiger partial charge in [0.15, 0.2) is 0 Å². The zero-order chi connectivity index (χ0) is 57.7. The molecule has 0 N–H and O–H groups in total. The van der Waals surface area contributed by atoms with Crippen molar-refractivity contribution in [2.75, 3.05) is 9.80 Å². The molecular weight excluding hydrogens is 980 g/mol. The van der Waals surface area contributed by atoms with Crippen LogP contribution < -0.4 is 26.4 Å². The first-order valence-corrected chi connectivity index (χ1v) is 30.8. The highest BCUT2D eigenvalue weighted by Crippen LogP contribution is 2.56. The average molecular weight is 1070 g/mol. The van der Waals surface area contributed by atoms with Crippen LogP contribution in [0.5, 0.6) is 0 Å². The third-order valence-electron chi connectivity index (χ3n) is 21.2. The number of hydrogen-bond acceptors (Lipinski definition) is 3. The van der Waals surface area contributed by atoms with E-state index in [0.717, 1.165) is 43.3 Å². The first-order valence-electron chi connectivity index (χ1n) is 30.8. The second kappa shape index (κ2) is 17.4. The molecule has 0 saturated heterocycles. The number of rotatable bonds is 4. The van der Waals surface area contributed by atoms with Gasteiger partial charge in [-0.3, -0.25) is 0 Å². The molecule has 13 rings (SSSR count). The molecule has 1 aromatic heterocycles. The quantitative estimate of drug-likeness (QED) is 0.164. The maximum Gasteiger partial charge on any atom is 0.297 e. The molecule has 0 unspecified atom stereocenters. The van der Waals surface area contributed by atoms with E-state index < -0.39 is 0 Å². The average Bonchev–Trinajstić information content (AvgIpc) is 3.62. The number of aryl methyl sites for hydroxylation is 1. The number of furan rings is 1. The van der Waals surface area contributed by atoms with Crippen LogP contribution in [0.1, 0.15) is 213 Å². The lowest BCUT2D eigenvalue weighted by Gasteiger charge is -2.46. The van der Waals surface area contributed by atoms with E-state index in [4.69, 9.17) is 4.42 Å². The molecule has 0 radical (unpaired) electrons. The standard InChI is InChI=1S/C77H89BN2O/c1-46-35-64-67-65(36-46)80(62-44-59-57(74(12,13)31-33-76(59,16)17)42-53(62)47-23-21-20-22-24-47)63-39-48(49-37-50(70(2,3)4)40-51(38-49)71(5,6)7)25-28-61(63)78(67)69-68(54-43-58-60(45-66(54)81-69)77(18,19)34-32-75(58,14)15)79(64)52-26-27-55-56(41-52)73(10,11)30-29-72(55,8)9/h20-28,35-45H,29-34H2,1-19H3. The van der Waals surface area contributed by atoms with Gasteiger partial charge >= 0.3 is 0 Å². The molecule has 0 amide bonds. The van der Waals surface area contributed by atoms with Crippen molar-refractivity contribution in [3.05, 3.63) is 171 Å². The van der Waals surface area contributed by atoms with Gasteiger partial charge in [-0.25, -0.2) is 0 Å². The summed E-state index contributed by atoms with van der Waals surface area (Å²) in [5, 5.41) is 1.21. The van der Waals surface area contributed by atoms with E-state index in [-0.39, 0.29) is 50.0 Å². The van der Waals surface area contributed by atoms with Crippen LogP contribution in [-0.2, 0) is 43.3 Å². The molecule has 0 atom stereocenters. The fourth-order valence-electron chi connectivity index (χ4n) is 15.4. The van der Waals surface area contributed by atoms with Gasteiger partial charge in [0.25, 0.3) is 6.71 Å². The van der Waals surface area contributed by atoms with Gasteiger partial charge in [-0.05, 0) is 221 Å². The Balaban J connectivity index is 1.17. The van der Waals surface area contributed by atoms with Crippen molar-refractivity contribution < 1.29 is 4.42 Å². The molecule has 416 valence electrons. The summed E-state index contributed by atoms with van der Waals surface area (Å²) in [5.41, 5.74) is 29.7. The molecule has 0 spiro atoms. The van der Waals surface area contributed by atoms with E-state index in [1.165, 1.54) is 129 Å². The lowest BCUT2D eigenvalue weighted by atomic mass is 9.35. The largest absolute Gasteiger partial charge is 0.468 e. The Morgan fingerprint density at radius 3 is 1.49 bits per heavy atom. The first-order chi connectivity index (χ1) is 37.8. The predicted octanol–water partition coefficient (Wildman–Crippen LogP) is 19.8. The monoisotopic (exact) mass is 1070 g/mol. The van der Waals surface area contributed by atoms with Crippen LogP contribution in [0, 0.1) is 6.92 Å². The molecule has 0 saturated carbocycles. The Morgan fingerprint density at radius 1 is 0.420 bits per heavy atom. The van der Waals surface area contributed by atoms with Crippen molar-refractivity contribution in [1.29, 1.82) is 0 Å². The fraction of sp³-hybridized carbons (Fsp3) is 0.429. The Bertz CT molecular complexity index is 3900. The predicted molar refractivity (Wildman–Crippen MR) is 349 cm³/mol. The molecule has 7 aromatic carbocycles. The van der Waals surface area contributed by atoms with Crippen molar-refractivity contribution >= 4 is 68.4 Å². The molecule has 0 bridgehead atoms. The zero-order valence-electron chi connectivity index (χ0n) is 52.7. The Labute approximate surface area is 487 Å². The van der Waals surface area contributed by atoms with Crippen LogP contribution in [0.4, 0.5) is 34.1 Å². The van der Waals surface area contributed by atoms with E-state index in [0.29, 0.717) is 0 Å². The Hall–Kier alpha value is -6.26. The van der Waals surface area contributed by atoms with Gasteiger partial charge in [-0.15, -0.1) is 0 Å². The molecule has 3 heterocycles. The lowest BCUT2D eigenvalue weighted by Crippen LogP contribution is -2.61. The minimum absolute atomic E-state index is 0.0162. The summed E-state index contributed by atoms with van der Waals surface area (Å²) in [6.45, 7) is 45.9. The third kappa shape index (κ3) is 8.39. The normalized spacial score (nSPS) is 19.5. The Kier molecular flexibility index (Phi) is 11.6. The highest BCUT2D eigenvalue weighted by molar-refractivity contribution is 7.00. The molecule has 3 aliphatic carbocycles. The van der Waals surface area contributed by atoms with Crippen LogP contribution in [0.2, 0.25) is 0 Å². The van der Waals surface area contributed by atoms with Gasteiger partial charge in [0.2, 0.25) is 0 Å². The summed E-state index contributed by atoms with van der Waals surface area (Å²) < 4.78 is 7.81. The molecule has 8 aromatic rings. The highest BCUT2D eigenvalue weighted by Gasteiger charge is 2.50. The summed E-state index contributed by atoms with van der Waals surface area (Å²) in [4.78, 5) is 5.38. The van der Waals surface area contributed by atoms with Gasteiger partial charge in [0, 0.05) is 33.7 Å². The molecule has 0 fully saturated rings. The van der Waals surface area contributed by atoms with Gasteiger partial charge < -0.3 is 14.2 Å². The van der Waals surface area contributed by atoms with Crippen LogP contribution in [0.25, 0.3) is 33.2 Å². The molecule has 5 aliphatic rings. The maximum atomic E-state index is 7.81. The molecule has 4 heteroatoms. The molecule has 81 heavy (non-hydrogen) atoms. The van der Waals surface area contributed by atoms with Crippen LogP contribution in [0.15, 0.2) is 126 Å². The molecule has 3 nitrogen and oxygen atoms in total. The second-order valence-electron chi connectivity index (χ2n) is 31.9. The van der Waals surface area contributed by atoms with Crippen LogP contribution in [-0.4, -0.2) is 6.71 Å². The van der Waals surface area contributed by atoms with Gasteiger partial charge in [-0.2, -0.15) is 0 Å². The number of benzene rings is 7. The smallest absolute Gasteiger partial charge is 0.297 e. The minimum Gasteiger partial charge on any atom is -0.468 e. The first kappa shape index (κ1) is 54.0. The summed E-state index contributed by atoms with van der Waals surface area (Å²) in [5.74, 6) is 0. The highest BCUT2D eigenvalue weighted by atomic mass is 16.3. The zero-order valence-corrected chi connectivity index (χ0v) is 52.7. The van der Waals surface area contributed by atoms with Crippen molar-refractivity contribution in [2.24, 2.45) is 0 Å². The van der Waals surface area contributed by atoms with E-state index in [1.807, 2.05) is 0 Å².